The minimum Gasteiger partial charge on any atom is -0.493 e. The second kappa shape index (κ2) is 6.48. The van der Waals surface area contributed by atoms with Gasteiger partial charge in [0.25, 0.3) is 5.91 Å². The number of anilines is 1. The quantitative estimate of drug-likeness (QED) is 0.836. The van der Waals surface area contributed by atoms with Crippen LogP contribution in [-0.2, 0) is 9.53 Å². The Labute approximate surface area is 126 Å². The monoisotopic (exact) mass is 291 g/mol. The average Bonchev–Trinajstić information content (AvgIpc) is 3.30. The Balaban J connectivity index is 2.05. The van der Waals surface area contributed by atoms with Gasteiger partial charge < -0.3 is 14.8 Å². The van der Waals surface area contributed by atoms with Crippen molar-refractivity contribution < 1.29 is 14.3 Å². The minimum absolute atomic E-state index is 0.0749. The zero-order chi connectivity index (χ0) is 15.5. The maximum Gasteiger partial charge on any atom is 0.256 e. The van der Waals surface area contributed by atoms with Gasteiger partial charge in [0.15, 0.2) is 0 Å². The van der Waals surface area contributed by atoms with Crippen molar-refractivity contribution in [1.29, 1.82) is 0 Å². The third-order valence-corrected chi connectivity index (χ3v) is 4.13. The average molecular weight is 291 g/mol. The van der Waals surface area contributed by atoms with Crippen molar-refractivity contribution in [2.75, 3.05) is 19.0 Å². The molecule has 116 valence electrons. The van der Waals surface area contributed by atoms with Crippen molar-refractivity contribution in [2.45, 2.75) is 45.6 Å². The van der Waals surface area contributed by atoms with E-state index in [4.69, 9.17) is 9.47 Å². The Bertz CT molecular complexity index is 511. The summed E-state index contributed by atoms with van der Waals surface area (Å²) in [5.41, 5.74) is 1.07. The summed E-state index contributed by atoms with van der Waals surface area (Å²) in [6.45, 7) is 6.63. The number of nitrogens with one attached hydrogen (secondary N) is 1. The molecule has 1 aliphatic carbocycles. The third kappa shape index (κ3) is 3.56. The molecule has 0 radical (unpaired) electrons. The largest absolute Gasteiger partial charge is 0.493 e. The van der Waals surface area contributed by atoms with Crippen LogP contribution in [-0.4, -0.2) is 25.2 Å². The predicted molar refractivity (Wildman–Crippen MR) is 83.7 cm³/mol. The van der Waals surface area contributed by atoms with Crippen molar-refractivity contribution in [3.05, 3.63) is 23.8 Å². The molecule has 1 aliphatic rings. The van der Waals surface area contributed by atoms with Crippen molar-refractivity contribution in [2.24, 2.45) is 5.92 Å². The summed E-state index contributed by atoms with van der Waals surface area (Å²) in [6.07, 6.45) is 3.09. The number of aryl methyl sites for hydroxylation is 1. The summed E-state index contributed by atoms with van der Waals surface area (Å²) in [4.78, 5) is 12.4. The fraction of sp³-hybridized carbons (Fsp3) is 0.588. The molecule has 1 unspecified atom stereocenters. The standard InChI is InChI=1S/C17H25NO3/c1-5-10-21-15-9-8-14(11-12(15)2)18-16(19)17(3,20-4)13-6-7-13/h8-9,11,13H,5-7,10H2,1-4H3,(H,18,19). The van der Waals surface area contributed by atoms with Crippen LogP contribution >= 0.6 is 0 Å². The molecule has 1 atom stereocenters. The molecule has 4 heteroatoms. The first-order chi connectivity index (χ1) is 10.0. The van der Waals surface area contributed by atoms with Gasteiger partial charge >= 0.3 is 0 Å². The van der Waals surface area contributed by atoms with E-state index in [-0.39, 0.29) is 5.91 Å². The van der Waals surface area contributed by atoms with Crippen molar-refractivity contribution in [3.8, 4) is 5.75 Å². The first-order valence-corrected chi connectivity index (χ1v) is 7.61. The summed E-state index contributed by atoms with van der Waals surface area (Å²) in [5.74, 6) is 1.12. The van der Waals surface area contributed by atoms with E-state index in [0.717, 1.165) is 36.3 Å². The topological polar surface area (TPSA) is 47.6 Å². The van der Waals surface area contributed by atoms with Gasteiger partial charge in [-0.3, -0.25) is 4.79 Å². The molecule has 0 aromatic heterocycles. The molecular weight excluding hydrogens is 266 g/mol. The highest BCUT2D eigenvalue weighted by molar-refractivity contribution is 5.97. The van der Waals surface area contributed by atoms with Crippen molar-refractivity contribution >= 4 is 11.6 Å². The molecule has 1 fully saturated rings. The first-order valence-electron chi connectivity index (χ1n) is 7.61. The van der Waals surface area contributed by atoms with Crippen LogP contribution in [0.2, 0.25) is 0 Å². The Morgan fingerprint density at radius 2 is 2.14 bits per heavy atom. The van der Waals surface area contributed by atoms with Crippen LogP contribution in [0.25, 0.3) is 0 Å². The molecule has 1 N–H and O–H groups in total. The molecule has 0 saturated heterocycles. The number of methoxy groups -OCH3 is 1. The maximum atomic E-state index is 12.4. The number of carbonyl (C=O) groups excluding carboxylic acids is 1. The lowest BCUT2D eigenvalue weighted by atomic mass is 9.99. The third-order valence-electron chi connectivity index (χ3n) is 4.13. The second-order valence-electron chi connectivity index (χ2n) is 5.87. The van der Waals surface area contributed by atoms with Crippen LogP contribution in [0.1, 0.15) is 38.7 Å². The lowest BCUT2D eigenvalue weighted by Gasteiger charge is -2.26. The molecule has 0 heterocycles. The highest BCUT2D eigenvalue weighted by atomic mass is 16.5. The van der Waals surface area contributed by atoms with Crippen LogP contribution in [0.3, 0.4) is 0 Å². The van der Waals surface area contributed by atoms with Gasteiger partial charge in [-0.05, 0) is 62.8 Å². The first kappa shape index (κ1) is 15.8. The molecule has 1 amide bonds. The number of benzene rings is 1. The zero-order valence-corrected chi connectivity index (χ0v) is 13.4. The number of amides is 1. The number of ether oxygens (including phenoxy) is 2. The van der Waals surface area contributed by atoms with Gasteiger partial charge in [-0.15, -0.1) is 0 Å². The van der Waals surface area contributed by atoms with E-state index >= 15 is 0 Å². The summed E-state index contributed by atoms with van der Waals surface area (Å²) < 4.78 is 11.1. The molecular formula is C17H25NO3. The van der Waals surface area contributed by atoms with Crippen molar-refractivity contribution in [1.82, 2.24) is 0 Å². The van der Waals surface area contributed by atoms with Gasteiger partial charge in [0.1, 0.15) is 11.4 Å². The van der Waals surface area contributed by atoms with Crippen LogP contribution in [0, 0.1) is 12.8 Å². The van der Waals surface area contributed by atoms with E-state index in [9.17, 15) is 4.79 Å². The molecule has 1 aromatic carbocycles. The maximum absolute atomic E-state index is 12.4. The van der Waals surface area contributed by atoms with Gasteiger partial charge in [-0.2, -0.15) is 0 Å². The summed E-state index contributed by atoms with van der Waals surface area (Å²) in [6, 6.07) is 5.71. The van der Waals surface area contributed by atoms with Gasteiger partial charge in [-0.1, -0.05) is 6.92 Å². The van der Waals surface area contributed by atoms with Gasteiger partial charge in [-0.25, -0.2) is 0 Å². The SMILES string of the molecule is CCCOc1ccc(NC(=O)C(C)(OC)C2CC2)cc1C. The lowest BCUT2D eigenvalue weighted by molar-refractivity contribution is -0.138. The molecule has 0 aliphatic heterocycles. The van der Waals surface area contributed by atoms with E-state index in [0.29, 0.717) is 12.5 Å². The van der Waals surface area contributed by atoms with Gasteiger partial charge in [0.05, 0.1) is 6.61 Å². The van der Waals surface area contributed by atoms with E-state index < -0.39 is 5.60 Å². The van der Waals surface area contributed by atoms with E-state index in [1.165, 1.54) is 0 Å². The van der Waals surface area contributed by atoms with E-state index in [2.05, 4.69) is 12.2 Å². The molecule has 1 aromatic rings. The summed E-state index contributed by atoms with van der Waals surface area (Å²) in [7, 11) is 1.60. The van der Waals surface area contributed by atoms with Crippen LogP contribution in [0.15, 0.2) is 18.2 Å². The van der Waals surface area contributed by atoms with Crippen molar-refractivity contribution in [3.63, 3.8) is 0 Å². The number of rotatable bonds is 7. The number of hydrogen-bond donors (Lipinski definition) is 1. The highest BCUT2D eigenvalue weighted by Crippen LogP contribution is 2.42. The number of hydrogen-bond acceptors (Lipinski definition) is 3. The Morgan fingerprint density at radius 3 is 2.67 bits per heavy atom. The Hall–Kier alpha value is -1.55. The minimum atomic E-state index is -0.731. The predicted octanol–water partition coefficient (Wildman–Crippen LogP) is 3.54. The fourth-order valence-electron chi connectivity index (χ4n) is 2.44. The Morgan fingerprint density at radius 1 is 1.43 bits per heavy atom. The van der Waals surface area contributed by atoms with Crippen LogP contribution < -0.4 is 10.1 Å². The number of carbonyl (C=O) groups is 1. The highest BCUT2D eigenvalue weighted by Gasteiger charge is 2.47. The van der Waals surface area contributed by atoms with Crippen LogP contribution in [0.5, 0.6) is 5.75 Å². The fourth-order valence-corrected chi connectivity index (χ4v) is 2.44. The molecule has 4 nitrogen and oxygen atoms in total. The molecule has 21 heavy (non-hydrogen) atoms. The smallest absolute Gasteiger partial charge is 0.256 e. The molecule has 2 rings (SSSR count). The van der Waals surface area contributed by atoms with Gasteiger partial charge in [0, 0.05) is 12.8 Å². The molecule has 1 saturated carbocycles. The molecule has 0 spiro atoms. The van der Waals surface area contributed by atoms with Gasteiger partial charge in [0.2, 0.25) is 0 Å². The Kier molecular flexibility index (Phi) is 4.88. The van der Waals surface area contributed by atoms with E-state index in [1.54, 1.807) is 7.11 Å². The molecule has 0 bridgehead atoms. The van der Waals surface area contributed by atoms with Crippen LogP contribution in [0.4, 0.5) is 5.69 Å². The normalized spacial score (nSPS) is 17.1. The van der Waals surface area contributed by atoms with E-state index in [1.807, 2.05) is 32.0 Å². The summed E-state index contributed by atoms with van der Waals surface area (Å²) >= 11 is 0. The lowest BCUT2D eigenvalue weighted by Crippen LogP contribution is -2.44. The zero-order valence-electron chi connectivity index (χ0n) is 13.4. The summed E-state index contributed by atoms with van der Waals surface area (Å²) in [5, 5.41) is 2.96. The second-order valence-corrected chi connectivity index (χ2v) is 5.87.